The smallest absolute Gasteiger partial charge is 0.336 e. The molecule has 0 saturated heterocycles. The number of carbonyl (C=O) groups is 1. The first-order valence-corrected chi connectivity index (χ1v) is 8.40. The number of nitrogens with zero attached hydrogens (tertiary/aromatic N) is 1. The molecule has 2 aromatic heterocycles. The molecular formula is C21H16N2O2. The maximum absolute atomic E-state index is 12.0. The van der Waals surface area contributed by atoms with Crippen LogP contribution in [0.4, 0.5) is 0 Å². The van der Waals surface area contributed by atoms with Gasteiger partial charge in [-0.25, -0.2) is 9.78 Å². The van der Waals surface area contributed by atoms with Crippen LogP contribution in [0.2, 0.25) is 0 Å². The van der Waals surface area contributed by atoms with Crippen molar-refractivity contribution in [2.24, 2.45) is 0 Å². The van der Waals surface area contributed by atoms with Crippen LogP contribution >= 0.6 is 0 Å². The Balaban J connectivity index is 1.90. The molecule has 1 aliphatic rings. The van der Waals surface area contributed by atoms with E-state index in [-0.39, 0.29) is 0 Å². The van der Waals surface area contributed by atoms with Crippen LogP contribution in [0.1, 0.15) is 27.0 Å². The number of aromatic carboxylic acids is 1. The number of pyridine rings is 1. The van der Waals surface area contributed by atoms with E-state index in [2.05, 4.69) is 30.1 Å². The van der Waals surface area contributed by atoms with Crippen molar-refractivity contribution in [2.45, 2.75) is 19.8 Å². The second-order valence-electron chi connectivity index (χ2n) is 6.66. The Morgan fingerprint density at radius 2 is 1.88 bits per heavy atom. The Labute approximate surface area is 144 Å². The predicted molar refractivity (Wildman–Crippen MR) is 98.1 cm³/mol. The van der Waals surface area contributed by atoms with Gasteiger partial charge in [-0.15, -0.1) is 0 Å². The fourth-order valence-corrected chi connectivity index (χ4v) is 4.03. The molecule has 0 fully saturated rings. The highest BCUT2D eigenvalue weighted by Crippen LogP contribution is 2.39. The highest BCUT2D eigenvalue weighted by molar-refractivity contribution is 6.06. The Bertz CT molecular complexity index is 1190. The number of hydrogen-bond acceptors (Lipinski definition) is 2. The minimum absolute atomic E-state index is 0.390. The molecule has 0 unspecified atom stereocenters. The van der Waals surface area contributed by atoms with E-state index in [4.69, 9.17) is 4.98 Å². The zero-order chi connectivity index (χ0) is 17.1. The first-order chi connectivity index (χ1) is 12.1. The summed E-state index contributed by atoms with van der Waals surface area (Å²) in [7, 11) is 0. The van der Waals surface area contributed by atoms with Crippen LogP contribution in [-0.2, 0) is 12.8 Å². The summed E-state index contributed by atoms with van der Waals surface area (Å²) in [4.78, 5) is 20.3. The fourth-order valence-electron chi connectivity index (χ4n) is 4.03. The lowest BCUT2D eigenvalue weighted by atomic mass is 9.87. The summed E-state index contributed by atoms with van der Waals surface area (Å²) in [5.74, 6) is -0.884. The molecule has 4 aromatic rings. The quantitative estimate of drug-likeness (QED) is 0.541. The van der Waals surface area contributed by atoms with Crippen LogP contribution in [-0.4, -0.2) is 21.0 Å². The van der Waals surface area contributed by atoms with Crippen molar-refractivity contribution in [2.75, 3.05) is 0 Å². The predicted octanol–water partition coefficient (Wildman–Crippen LogP) is 4.49. The minimum Gasteiger partial charge on any atom is -0.478 e. The van der Waals surface area contributed by atoms with Gasteiger partial charge in [0.05, 0.1) is 22.5 Å². The number of rotatable bonds is 1. The molecule has 25 heavy (non-hydrogen) atoms. The van der Waals surface area contributed by atoms with E-state index in [9.17, 15) is 9.90 Å². The Morgan fingerprint density at radius 1 is 1.08 bits per heavy atom. The number of carboxylic acids is 1. The van der Waals surface area contributed by atoms with Crippen molar-refractivity contribution in [3.8, 4) is 11.4 Å². The lowest BCUT2D eigenvalue weighted by Gasteiger charge is -2.19. The largest absolute Gasteiger partial charge is 0.478 e. The van der Waals surface area contributed by atoms with Crippen molar-refractivity contribution in [3.63, 3.8) is 0 Å². The standard InChI is InChI=1S/C21H16N2O2/c1-11-6-7-12-13-8-9-15-18(21(24)25)14-4-2-3-5-16(14)22-20(15)19(13)23-17(12)10-11/h2-7,10,23H,8-9H2,1H3,(H,24,25). The second-order valence-corrected chi connectivity index (χ2v) is 6.66. The molecule has 4 nitrogen and oxygen atoms in total. The molecular weight excluding hydrogens is 312 g/mol. The van der Waals surface area contributed by atoms with Gasteiger partial charge in [0.1, 0.15) is 0 Å². The molecule has 0 radical (unpaired) electrons. The third-order valence-electron chi connectivity index (χ3n) is 5.13. The topological polar surface area (TPSA) is 66.0 Å². The van der Waals surface area contributed by atoms with Crippen molar-refractivity contribution in [1.82, 2.24) is 9.97 Å². The highest BCUT2D eigenvalue weighted by Gasteiger charge is 2.27. The molecule has 0 atom stereocenters. The van der Waals surface area contributed by atoms with Gasteiger partial charge in [0.25, 0.3) is 0 Å². The van der Waals surface area contributed by atoms with Crippen molar-refractivity contribution >= 4 is 27.8 Å². The molecule has 0 spiro atoms. The van der Waals surface area contributed by atoms with Gasteiger partial charge in [-0.1, -0.05) is 30.3 Å². The van der Waals surface area contributed by atoms with Crippen LogP contribution in [0.25, 0.3) is 33.2 Å². The Morgan fingerprint density at radius 3 is 2.72 bits per heavy atom. The molecule has 0 saturated carbocycles. The van der Waals surface area contributed by atoms with Crippen LogP contribution in [0.3, 0.4) is 0 Å². The van der Waals surface area contributed by atoms with E-state index >= 15 is 0 Å². The van der Waals surface area contributed by atoms with Gasteiger partial charge in [-0.3, -0.25) is 0 Å². The lowest BCUT2D eigenvalue weighted by molar-refractivity contribution is 0.0698. The van der Waals surface area contributed by atoms with E-state index in [1.165, 1.54) is 16.5 Å². The van der Waals surface area contributed by atoms with Gasteiger partial charge < -0.3 is 10.1 Å². The van der Waals surface area contributed by atoms with Crippen LogP contribution < -0.4 is 0 Å². The normalized spacial score (nSPS) is 13.0. The molecule has 0 bridgehead atoms. The molecule has 4 heteroatoms. The van der Waals surface area contributed by atoms with Gasteiger partial charge in [0, 0.05) is 16.3 Å². The van der Waals surface area contributed by atoms with Gasteiger partial charge in [0.15, 0.2) is 0 Å². The zero-order valence-corrected chi connectivity index (χ0v) is 13.8. The Kier molecular flexibility index (Phi) is 2.80. The van der Waals surface area contributed by atoms with Gasteiger partial charge >= 0.3 is 5.97 Å². The number of benzene rings is 2. The maximum atomic E-state index is 12.0. The molecule has 122 valence electrons. The molecule has 0 amide bonds. The highest BCUT2D eigenvalue weighted by atomic mass is 16.4. The number of aromatic amines is 1. The van der Waals surface area contributed by atoms with E-state index in [1.807, 2.05) is 24.3 Å². The number of para-hydroxylation sites is 1. The van der Waals surface area contributed by atoms with Crippen molar-refractivity contribution in [1.29, 1.82) is 0 Å². The molecule has 2 N–H and O–H groups in total. The minimum atomic E-state index is -0.884. The number of aromatic nitrogens is 2. The third kappa shape index (κ3) is 1.94. The fraction of sp³-hybridized carbons (Fsp3) is 0.143. The van der Waals surface area contributed by atoms with Crippen molar-refractivity contribution in [3.05, 3.63) is 64.7 Å². The number of fused-ring (bicyclic) bond motifs is 6. The van der Waals surface area contributed by atoms with Gasteiger partial charge in [0.2, 0.25) is 0 Å². The zero-order valence-electron chi connectivity index (χ0n) is 13.8. The number of carboxylic acid groups (broad SMARTS) is 1. The molecule has 5 rings (SSSR count). The number of H-pyrrole nitrogens is 1. The van der Waals surface area contributed by atoms with Crippen LogP contribution in [0.5, 0.6) is 0 Å². The summed E-state index contributed by atoms with van der Waals surface area (Å²) < 4.78 is 0. The number of aryl methyl sites for hydroxylation is 2. The first kappa shape index (κ1) is 14.2. The summed E-state index contributed by atoms with van der Waals surface area (Å²) in [6, 6.07) is 13.9. The van der Waals surface area contributed by atoms with E-state index in [1.54, 1.807) is 0 Å². The maximum Gasteiger partial charge on any atom is 0.336 e. The van der Waals surface area contributed by atoms with E-state index < -0.39 is 5.97 Å². The summed E-state index contributed by atoms with van der Waals surface area (Å²) in [5, 5.41) is 11.7. The average molecular weight is 328 g/mol. The summed E-state index contributed by atoms with van der Waals surface area (Å²) in [6.07, 6.45) is 1.52. The lowest BCUT2D eigenvalue weighted by Crippen LogP contribution is -2.12. The van der Waals surface area contributed by atoms with E-state index in [0.717, 1.165) is 34.4 Å². The number of hydrogen-bond donors (Lipinski definition) is 2. The molecule has 0 aliphatic heterocycles. The van der Waals surface area contributed by atoms with E-state index in [0.29, 0.717) is 17.4 Å². The van der Waals surface area contributed by atoms with Crippen LogP contribution in [0.15, 0.2) is 42.5 Å². The van der Waals surface area contributed by atoms with Crippen molar-refractivity contribution < 1.29 is 9.90 Å². The SMILES string of the molecule is Cc1ccc2c3c([nH]c2c1)-c1nc2ccccc2c(C(=O)O)c1CC3. The van der Waals surface area contributed by atoms with Crippen LogP contribution in [0, 0.1) is 6.92 Å². The molecule has 1 aliphatic carbocycles. The summed E-state index contributed by atoms with van der Waals surface area (Å²) in [6.45, 7) is 2.07. The first-order valence-electron chi connectivity index (χ1n) is 8.40. The summed E-state index contributed by atoms with van der Waals surface area (Å²) in [5.41, 5.74) is 7.22. The van der Waals surface area contributed by atoms with Gasteiger partial charge in [-0.2, -0.15) is 0 Å². The third-order valence-corrected chi connectivity index (χ3v) is 5.13. The average Bonchev–Trinajstić information content (AvgIpc) is 2.97. The molecule has 2 aromatic carbocycles. The number of nitrogens with one attached hydrogen (secondary N) is 1. The Hall–Kier alpha value is -3.14. The molecule has 2 heterocycles. The summed E-state index contributed by atoms with van der Waals surface area (Å²) >= 11 is 0. The second kappa shape index (κ2) is 4.93. The monoisotopic (exact) mass is 328 g/mol. The van der Waals surface area contributed by atoms with Gasteiger partial charge in [-0.05, 0) is 48.6 Å².